The predicted molar refractivity (Wildman–Crippen MR) is 158 cm³/mol. The van der Waals surface area contributed by atoms with Crippen LogP contribution in [-0.4, -0.2) is 93.5 Å². The van der Waals surface area contributed by atoms with Crippen LogP contribution in [0.25, 0.3) is 0 Å². The summed E-state index contributed by atoms with van der Waals surface area (Å²) in [6.45, 7) is 9.61. The van der Waals surface area contributed by atoms with E-state index in [9.17, 15) is 14.7 Å². The molecule has 2 unspecified atom stereocenters. The van der Waals surface area contributed by atoms with E-state index in [2.05, 4.69) is 19.9 Å². The fourth-order valence-corrected chi connectivity index (χ4v) is 6.21. The molecular formula is C31H39N6O7+. The van der Waals surface area contributed by atoms with Crippen LogP contribution in [0.15, 0.2) is 48.2 Å². The van der Waals surface area contributed by atoms with Crippen molar-refractivity contribution in [1.29, 1.82) is 0 Å². The van der Waals surface area contributed by atoms with Gasteiger partial charge < -0.3 is 10.0 Å². The number of allylic oxidation sites excluding steroid dienone is 2. The van der Waals surface area contributed by atoms with Gasteiger partial charge in [-0.05, 0) is 45.2 Å². The maximum Gasteiger partial charge on any atom is 0.345 e. The van der Waals surface area contributed by atoms with E-state index >= 15 is 0 Å². The molecule has 13 heteroatoms. The van der Waals surface area contributed by atoms with Crippen LogP contribution in [0, 0.1) is 5.92 Å². The van der Waals surface area contributed by atoms with Gasteiger partial charge in [0.2, 0.25) is 0 Å². The Morgan fingerprint density at radius 3 is 2.23 bits per heavy atom. The highest BCUT2D eigenvalue weighted by atomic mass is 17.2. The van der Waals surface area contributed by atoms with Gasteiger partial charge in [0.25, 0.3) is 0 Å². The third kappa shape index (κ3) is 5.50. The number of hydrogen-bond acceptors (Lipinski definition) is 12. The van der Waals surface area contributed by atoms with Crippen LogP contribution >= 0.6 is 0 Å². The summed E-state index contributed by atoms with van der Waals surface area (Å²) in [5, 5.41) is 11.2. The van der Waals surface area contributed by atoms with E-state index in [4.69, 9.17) is 19.6 Å². The summed E-state index contributed by atoms with van der Waals surface area (Å²) in [4.78, 5) is 67.4. The highest BCUT2D eigenvalue weighted by molar-refractivity contribution is 6.31. The van der Waals surface area contributed by atoms with Gasteiger partial charge in [-0.15, -0.1) is 0 Å². The molecular weight excluding hydrogens is 568 g/mol. The molecule has 1 aliphatic carbocycles. The average Bonchev–Trinajstić information content (AvgIpc) is 3.45. The molecule has 1 fully saturated rings. The Morgan fingerprint density at radius 2 is 1.52 bits per heavy atom. The lowest BCUT2D eigenvalue weighted by molar-refractivity contribution is -0.445. The van der Waals surface area contributed by atoms with E-state index in [0.29, 0.717) is 56.5 Å². The number of anilines is 1. The van der Waals surface area contributed by atoms with E-state index < -0.39 is 34.4 Å². The topological polar surface area (TPSA) is 149 Å². The third-order valence-electron chi connectivity index (χ3n) is 8.43. The Bertz CT molecular complexity index is 1530. The summed E-state index contributed by atoms with van der Waals surface area (Å²) in [6, 6.07) is 0. The predicted octanol–water partition coefficient (Wildman–Crippen LogP) is 2.32. The third-order valence-corrected chi connectivity index (χ3v) is 8.43. The van der Waals surface area contributed by atoms with Crippen molar-refractivity contribution in [3.05, 3.63) is 59.6 Å². The fourth-order valence-electron chi connectivity index (χ4n) is 6.21. The van der Waals surface area contributed by atoms with E-state index in [1.165, 1.54) is 14.2 Å². The maximum absolute atomic E-state index is 14.0. The van der Waals surface area contributed by atoms with Crippen molar-refractivity contribution < 1.29 is 38.8 Å². The fraction of sp³-hybridized carbons (Fsp3) is 0.516. The molecule has 13 nitrogen and oxygen atoms in total. The van der Waals surface area contributed by atoms with Gasteiger partial charge in [-0.3, -0.25) is 14.6 Å². The van der Waals surface area contributed by atoms with Crippen molar-refractivity contribution in [3.63, 3.8) is 0 Å². The summed E-state index contributed by atoms with van der Waals surface area (Å²) >= 11 is 0. The number of aliphatic hydroxyl groups is 1. The molecule has 2 atom stereocenters. The van der Waals surface area contributed by atoms with Crippen LogP contribution in [0.1, 0.15) is 51.9 Å². The standard InChI is InChI=1S/C31H39N6O7/c1-30(2)21(36(13-7-15-43-41-5)28-26(30)32-9-11-34-28)17-19-23(38)20(25(40)24(19)39)18-22-31(3,4)27-29(35-12-10-33-27)37(22)14-8-16-44-42-6/h9-12,17-19,24,39H,7-8,13-16H2,1-6H3/q+1. The molecule has 44 heavy (non-hydrogen) atoms. The Balaban J connectivity index is 1.52. The van der Waals surface area contributed by atoms with Crippen LogP contribution in [0.2, 0.25) is 0 Å². The van der Waals surface area contributed by atoms with E-state index in [1.54, 1.807) is 36.9 Å². The van der Waals surface area contributed by atoms with Crippen molar-refractivity contribution in [1.82, 2.24) is 19.9 Å². The van der Waals surface area contributed by atoms with Crippen molar-refractivity contribution >= 4 is 28.9 Å². The minimum atomic E-state index is -1.53. The number of Topliss-reactive ketones (excluding diaryl/α,β-unsaturated/α-hetero) is 2. The van der Waals surface area contributed by atoms with Crippen molar-refractivity contribution in [3.8, 4) is 0 Å². The first-order valence-electron chi connectivity index (χ1n) is 14.6. The largest absolute Gasteiger partial charge is 0.384 e. The van der Waals surface area contributed by atoms with Crippen LogP contribution in [0.4, 0.5) is 11.6 Å². The van der Waals surface area contributed by atoms with Gasteiger partial charge in [-0.1, -0.05) is 6.08 Å². The first-order chi connectivity index (χ1) is 21.1. The number of carbonyl (C=O) groups excluding carboxylic acids is 2. The molecule has 5 rings (SSSR count). The smallest absolute Gasteiger partial charge is 0.345 e. The molecule has 0 aromatic carbocycles. The van der Waals surface area contributed by atoms with E-state index in [1.807, 2.05) is 37.2 Å². The van der Waals surface area contributed by atoms with E-state index in [0.717, 1.165) is 17.1 Å². The summed E-state index contributed by atoms with van der Waals surface area (Å²) in [5.74, 6) is -0.838. The quantitative estimate of drug-likeness (QED) is 0.0942. The molecule has 0 spiro atoms. The highest BCUT2D eigenvalue weighted by Gasteiger charge is 2.50. The Kier molecular flexibility index (Phi) is 9.14. The number of aromatic nitrogens is 4. The molecule has 1 N–H and O–H groups in total. The van der Waals surface area contributed by atoms with Gasteiger partial charge in [-0.25, -0.2) is 34.1 Å². The molecule has 0 radical (unpaired) electrons. The summed E-state index contributed by atoms with van der Waals surface area (Å²) < 4.78 is 1.95. The second-order valence-corrected chi connectivity index (χ2v) is 11.9. The number of rotatable bonds is 12. The zero-order valence-electron chi connectivity index (χ0n) is 25.9. The van der Waals surface area contributed by atoms with Crippen LogP contribution in [0.5, 0.6) is 0 Å². The first kappa shape index (κ1) is 31.7. The van der Waals surface area contributed by atoms with Crippen LogP contribution in [0.3, 0.4) is 0 Å². The monoisotopic (exact) mass is 607 g/mol. The lowest BCUT2D eigenvalue weighted by atomic mass is 9.84. The SMILES string of the molecule is COOCCCN1C(=CC2C(=O)C(=CC3=[N+](CCCOOC)c4nccnc4C3(C)C)C(=O)C2O)C(C)(C)c2nccnc21. The highest BCUT2D eigenvalue weighted by Crippen LogP contribution is 2.46. The summed E-state index contributed by atoms with van der Waals surface area (Å²) in [5.41, 5.74) is 1.55. The number of hydrogen-bond donors (Lipinski definition) is 1. The van der Waals surface area contributed by atoms with Gasteiger partial charge in [-0.2, -0.15) is 0 Å². The van der Waals surface area contributed by atoms with Gasteiger partial charge in [0.05, 0.1) is 68.2 Å². The van der Waals surface area contributed by atoms with Gasteiger partial charge in [0.15, 0.2) is 23.6 Å². The molecule has 0 amide bonds. The minimum absolute atomic E-state index is 0.0574. The molecule has 234 valence electrons. The van der Waals surface area contributed by atoms with Gasteiger partial charge in [0, 0.05) is 31.1 Å². The lowest BCUT2D eigenvalue weighted by Gasteiger charge is -2.27. The maximum atomic E-state index is 14.0. The minimum Gasteiger partial charge on any atom is -0.384 e. The second kappa shape index (κ2) is 12.7. The van der Waals surface area contributed by atoms with Crippen molar-refractivity contribution in [2.75, 3.05) is 45.4 Å². The van der Waals surface area contributed by atoms with Gasteiger partial charge in [0.1, 0.15) is 17.5 Å². The molecule has 3 aliphatic rings. The Hall–Kier alpha value is -3.75. The second-order valence-electron chi connectivity index (χ2n) is 11.9. The zero-order valence-corrected chi connectivity index (χ0v) is 25.9. The molecule has 2 aromatic rings. The molecule has 1 saturated carbocycles. The van der Waals surface area contributed by atoms with Crippen molar-refractivity contribution in [2.24, 2.45) is 5.92 Å². The number of fused-ring (bicyclic) bond motifs is 2. The van der Waals surface area contributed by atoms with Crippen molar-refractivity contribution in [2.45, 2.75) is 57.5 Å². The molecule has 2 aromatic heterocycles. The first-order valence-corrected chi connectivity index (χ1v) is 14.6. The molecule has 2 aliphatic heterocycles. The Labute approximate surface area is 256 Å². The Morgan fingerprint density at radius 1 is 0.886 bits per heavy atom. The zero-order chi connectivity index (χ0) is 31.6. The van der Waals surface area contributed by atoms with Crippen LogP contribution < -0.4 is 4.90 Å². The number of aliphatic hydroxyl groups excluding tert-OH is 1. The molecule has 0 saturated heterocycles. The summed E-state index contributed by atoms with van der Waals surface area (Å²) in [7, 11) is 2.90. The number of ketones is 2. The van der Waals surface area contributed by atoms with Crippen LogP contribution in [-0.2, 0) is 40.0 Å². The number of nitrogens with zero attached hydrogens (tertiary/aromatic N) is 6. The normalized spacial score (nSPS) is 23.8. The molecule has 4 heterocycles. The summed E-state index contributed by atoms with van der Waals surface area (Å²) in [6.07, 6.45) is 9.44. The average molecular weight is 608 g/mol. The lowest BCUT2D eigenvalue weighted by Crippen LogP contribution is -2.31. The van der Waals surface area contributed by atoms with Gasteiger partial charge >= 0.3 is 5.82 Å². The number of carbonyl (C=O) groups is 2. The van der Waals surface area contributed by atoms with E-state index in [-0.39, 0.29) is 5.57 Å². The molecule has 0 bridgehead atoms.